The number of esters is 1. The molecule has 0 N–H and O–H groups in total. The molecule has 0 saturated carbocycles. The first-order valence-corrected chi connectivity index (χ1v) is 7.64. The van der Waals surface area contributed by atoms with Crippen molar-refractivity contribution < 1.29 is 28.5 Å². The van der Waals surface area contributed by atoms with E-state index in [0.29, 0.717) is 5.56 Å². The summed E-state index contributed by atoms with van der Waals surface area (Å²) in [6, 6.07) is 8.84. The molecule has 2 aliphatic rings. The van der Waals surface area contributed by atoms with Gasteiger partial charge < -0.3 is 23.7 Å². The third kappa shape index (κ3) is 2.99. The lowest BCUT2D eigenvalue weighted by Gasteiger charge is -2.28. The van der Waals surface area contributed by atoms with Crippen LogP contribution in [0.5, 0.6) is 0 Å². The highest BCUT2D eigenvalue weighted by Crippen LogP contribution is 2.46. The number of rotatable bonds is 4. The van der Waals surface area contributed by atoms with Crippen molar-refractivity contribution in [3.8, 4) is 0 Å². The number of hydrogen-bond acceptors (Lipinski definition) is 6. The molecule has 3 rings (SSSR count). The van der Waals surface area contributed by atoms with E-state index in [-0.39, 0.29) is 12.7 Å². The van der Waals surface area contributed by atoms with E-state index < -0.39 is 29.8 Å². The molecule has 0 spiro atoms. The van der Waals surface area contributed by atoms with Crippen molar-refractivity contribution in [2.24, 2.45) is 0 Å². The van der Waals surface area contributed by atoms with E-state index in [4.69, 9.17) is 23.7 Å². The Labute approximate surface area is 135 Å². The van der Waals surface area contributed by atoms with E-state index in [1.165, 1.54) is 0 Å². The second-order valence-electron chi connectivity index (χ2n) is 6.43. The van der Waals surface area contributed by atoms with Gasteiger partial charge in [-0.3, -0.25) is 0 Å². The first-order chi connectivity index (χ1) is 10.9. The van der Waals surface area contributed by atoms with Gasteiger partial charge in [0.2, 0.25) is 0 Å². The number of methoxy groups -OCH3 is 1. The minimum atomic E-state index is -0.734. The lowest BCUT2D eigenvalue weighted by molar-refractivity contribution is -0.251. The molecule has 0 aliphatic carbocycles. The quantitative estimate of drug-likeness (QED) is 0.791. The maximum atomic E-state index is 12.1. The van der Waals surface area contributed by atoms with Crippen LogP contribution in [0, 0.1) is 0 Å². The molecule has 0 radical (unpaired) electrons. The Morgan fingerprint density at radius 2 is 1.91 bits per heavy atom. The fourth-order valence-corrected chi connectivity index (χ4v) is 3.26. The topological polar surface area (TPSA) is 63.2 Å². The molecular weight excluding hydrogens is 300 g/mol. The fraction of sp³-hybridized carbons (Fsp3) is 0.588. The van der Waals surface area contributed by atoms with Gasteiger partial charge in [-0.1, -0.05) is 18.2 Å². The predicted molar refractivity (Wildman–Crippen MR) is 80.8 cm³/mol. The Morgan fingerprint density at radius 3 is 2.57 bits per heavy atom. The highest BCUT2D eigenvalue weighted by molar-refractivity contribution is 5.89. The summed E-state index contributed by atoms with van der Waals surface area (Å²) >= 11 is 0. The lowest BCUT2D eigenvalue weighted by Crippen LogP contribution is -2.44. The van der Waals surface area contributed by atoms with Crippen LogP contribution in [0.25, 0.3) is 0 Å². The third-order valence-corrected chi connectivity index (χ3v) is 4.15. The number of carbonyl (C=O) groups excluding carboxylic acids is 1. The molecule has 126 valence electrons. The van der Waals surface area contributed by atoms with E-state index in [1.54, 1.807) is 31.4 Å². The number of fused-ring (bicyclic) bond motifs is 1. The summed E-state index contributed by atoms with van der Waals surface area (Å²) < 4.78 is 28.5. The third-order valence-electron chi connectivity index (χ3n) is 4.15. The van der Waals surface area contributed by atoms with Gasteiger partial charge in [0.15, 0.2) is 12.1 Å². The molecule has 1 aromatic carbocycles. The molecular formula is C17H22O6. The summed E-state index contributed by atoms with van der Waals surface area (Å²) in [5.74, 6) is -1.13. The van der Waals surface area contributed by atoms with Gasteiger partial charge in [0, 0.05) is 7.11 Å². The Balaban J connectivity index is 1.68. The molecule has 2 fully saturated rings. The van der Waals surface area contributed by atoms with Gasteiger partial charge in [0.05, 0.1) is 5.56 Å². The molecule has 6 nitrogen and oxygen atoms in total. The zero-order valence-electron chi connectivity index (χ0n) is 13.8. The van der Waals surface area contributed by atoms with E-state index in [2.05, 4.69) is 0 Å². The zero-order chi connectivity index (χ0) is 16.7. The smallest absolute Gasteiger partial charge is 0.338 e. The molecule has 0 bridgehead atoms. The molecule has 2 heterocycles. The highest BCUT2D eigenvalue weighted by atomic mass is 16.8. The zero-order valence-corrected chi connectivity index (χ0v) is 13.8. The van der Waals surface area contributed by atoms with E-state index in [1.807, 2.05) is 26.8 Å². The normalized spacial score (nSPS) is 35.0. The number of benzene rings is 1. The van der Waals surface area contributed by atoms with Crippen molar-refractivity contribution in [2.45, 2.75) is 50.7 Å². The summed E-state index contributed by atoms with van der Waals surface area (Å²) in [6.07, 6.45) is -1.39. The number of hydrogen-bond donors (Lipinski definition) is 0. The van der Waals surface area contributed by atoms with Crippen molar-refractivity contribution in [2.75, 3.05) is 13.7 Å². The minimum absolute atomic E-state index is 0.0767. The molecule has 6 heteroatoms. The van der Waals surface area contributed by atoms with Gasteiger partial charge in [0.1, 0.15) is 24.4 Å². The van der Waals surface area contributed by atoms with E-state index in [0.717, 1.165) is 0 Å². The van der Waals surface area contributed by atoms with Gasteiger partial charge in [-0.25, -0.2) is 4.79 Å². The molecule has 4 atom stereocenters. The van der Waals surface area contributed by atoms with Gasteiger partial charge in [-0.15, -0.1) is 0 Å². The Bertz CT molecular complexity index is 572. The van der Waals surface area contributed by atoms with Crippen LogP contribution in [-0.4, -0.2) is 49.6 Å². The highest BCUT2D eigenvalue weighted by Gasteiger charge is 2.64. The minimum Gasteiger partial charge on any atom is -0.459 e. The largest absolute Gasteiger partial charge is 0.459 e. The van der Waals surface area contributed by atoms with Gasteiger partial charge in [-0.05, 0) is 32.9 Å². The average molecular weight is 322 g/mol. The predicted octanol–water partition coefficient (Wildman–Crippen LogP) is 2.12. The van der Waals surface area contributed by atoms with Crippen molar-refractivity contribution in [3.63, 3.8) is 0 Å². The van der Waals surface area contributed by atoms with E-state index in [9.17, 15) is 4.79 Å². The van der Waals surface area contributed by atoms with Crippen LogP contribution < -0.4 is 0 Å². The molecule has 0 aromatic heterocycles. The molecule has 0 amide bonds. The standard InChI is InChI=1S/C17H22O6/c1-16(2)22-13-12(21-15(19-4)17(13,3)23-16)10-20-14(18)11-8-6-5-7-9-11/h5-9,12-13,15H,10H2,1-4H3/t12-,13-,15?,17-/m1/s1. The first kappa shape index (κ1) is 16.4. The van der Waals surface area contributed by atoms with Crippen molar-refractivity contribution in [1.82, 2.24) is 0 Å². The number of carbonyl (C=O) groups is 1. The lowest BCUT2D eigenvalue weighted by atomic mass is 9.98. The van der Waals surface area contributed by atoms with Crippen molar-refractivity contribution in [1.29, 1.82) is 0 Å². The summed E-state index contributed by atoms with van der Waals surface area (Å²) in [5, 5.41) is 0. The molecule has 2 aliphatic heterocycles. The van der Waals surface area contributed by atoms with Crippen LogP contribution in [-0.2, 0) is 23.7 Å². The summed E-state index contributed by atoms with van der Waals surface area (Å²) in [7, 11) is 1.56. The fourth-order valence-electron chi connectivity index (χ4n) is 3.26. The number of ether oxygens (including phenoxy) is 5. The second kappa shape index (κ2) is 5.87. The van der Waals surface area contributed by atoms with Gasteiger partial charge in [0.25, 0.3) is 0 Å². The van der Waals surface area contributed by atoms with Crippen molar-refractivity contribution in [3.05, 3.63) is 35.9 Å². The van der Waals surface area contributed by atoms with Gasteiger partial charge in [-0.2, -0.15) is 0 Å². The summed E-state index contributed by atoms with van der Waals surface area (Å²) in [5.41, 5.74) is -0.234. The Kier molecular flexibility index (Phi) is 4.18. The Hall–Kier alpha value is -1.47. The molecule has 1 unspecified atom stereocenters. The van der Waals surface area contributed by atoms with Crippen LogP contribution in [0.15, 0.2) is 30.3 Å². The van der Waals surface area contributed by atoms with Crippen LogP contribution >= 0.6 is 0 Å². The maximum Gasteiger partial charge on any atom is 0.338 e. The van der Waals surface area contributed by atoms with Crippen LogP contribution in [0.2, 0.25) is 0 Å². The van der Waals surface area contributed by atoms with Crippen LogP contribution in [0.1, 0.15) is 31.1 Å². The summed E-state index contributed by atoms with van der Waals surface area (Å²) in [4.78, 5) is 12.1. The summed E-state index contributed by atoms with van der Waals surface area (Å²) in [6.45, 7) is 5.65. The SMILES string of the molecule is COC1O[C@H](COC(=O)c2ccccc2)[C@H]2OC(C)(C)O[C@@]12C. The monoisotopic (exact) mass is 322 g/mol. The maximum absolute atomic E-state index is 12.1. The molecule has 2 saturated heterocycles. The molecule has 23 heavy (non-hydrogen) atoms. The van der Waals surface area contributed by atoms with Crippen LogP contribution in [0.3, 0.4) is 0 Å². The van der Waals surface area contributed by atoms with Crippen LogP contribution in [0.4, 0.5) is 0 Å². The Morgan fingerprint density at radius 1 is 1.22 bits per heavy atom. The first-order valence-electron chi connectivity index (χ1n) is 7.64. The van der Waals surface area contributed by atoms with Gasteiger partial charge >= 0.3 is 5.97 Å². The molecule has 1 aromatic rings. The van der Waals surface area contributed by atoms with E-state index >= 15 is 0 Å². The second-order valence-corrected chi connectivity index (χ2v) is 6.43. The average Bonchev–Trinajstić information content (AvgIpc) is 2.91. The van der Waals surface area contributed by atoms with Crippen molar-refractivity contribution >= 4 is 5.97 Å².